The van der Waals surface area contributed by atoms with Crippen molar-refractivity contribution in [1.29, 1.82) is 0 Å². The molecule has 4 heteroatoms. The molecule has 1 rings (SSSR count). The van der Waals surface area contributed by atoms with Crippen LogP contribution >= 0.6 is 0 Å². The summed E-state index contributed by atoms with van der Waals surface area (Å²) in [7, 11) is 0. The summed E-state index contributed by atoms with van der Waals surface area (Å²) >= 11 is 0. The van der Waals surface area contributed by atoms with Gasteiger partial charge in [0, 0.05) is 0 Å². The van der Waals surface area contributed by atoms with Gasteiger partial charge in [-0.15, -0.1) is 0 Å². The predicted octanol–water partition coefficient (Wildman–Crippen LogP) is 0.474. The number of primary amides is 1. The van der Waals surface area contributed by atoms with Crippen molar-refractivity contribution >= 4 is 5.91 Å². The number of rotatable bonds is 5. The van der Waals surface area contributed by atoms with Gasteiger partial charge in [0.1, 0.15) is 12.4 Å². The summed E-state index contributed by atoms with van der Waals surface area (Å²) in [6.45, 7) is 1.88. The number of carbonyl (C=O) groups is 1. The van der Waals surface area contributed by atoms with Gasteiger partial charge in [0.25, 0.3) is 0 Å². The molecule has 0 aliphatic heterocycles. The minimum atomic E-state index is -0.509. The van der Waals surface area contributed by atoms with Crippen molar-refractivity contribution < 1.29 is 14.6 Å². The maximum atomic E-state index is 10.7. The zero-order valence-corrected chi connectivity index (χ0v) is 8.64. The van der Waals surface area contributed by atoms with Gasteiger partial charge in [-0.25, -0.2) is 0 Å². The first-order valence-corrected chi connectivity index (χ1v) is 4.76. The van der Waals surface area contributed by atoms with Crippen LogP contribution in [0.4, 0.5) is 0 Å². The molecule has 0 heterocycles. The molecule has 82 valence electrons. The second kappa shape index (κ2) is 5.36. The number of aliphatic hydroxyl groups is 1. The Hall–Kier alpha value is -1.55. The van der Waals surface area contributed by atoms with Gasteiger partial charge in [-0.3, -0.25) is 4.79 Å². The molecule has 0 aliphatic carbocycles. The van der Waals surface area contributed by atoms with Crippen LogP contribution in [0.3, 0.4) is 0 Å². The Balaban J connectivity index is 2.61. The van der Waals surface area contributed by atoms with E-state index >= 15 is 0 Å². The molecular weight excluding hydrogens is 194 g/mol. The van der Waals surface area contributed by atoms with Crippen LogP contribution < -0.4 is 10.5 Å². The Labute approximate surface area is 88.7 Å². The SMILES string of the molecule is C[C@H](O)COc1cccc(CC(N)=O)c1. The average Bonchev–Trinajstić information content (AvgIpc) is 2.14. The number of hydrogen-bond donors (Lipinski definition) is 2. The molecule has 0 saturated heterocycles. The Bertz CT molecular complexity index is 336. The third kappa shape index (κ3) is 4.46. The van der Waals surface area contributed by atoms with Crippen LogP contribution in [0.25, 0.3) is 0 Å². The van der Waals surface area contributed by atoms with Gasteiger partial charge in [0.05, 0.1) is 12.5 Å². The summed E-state index contributed by atoms with van der Waals surface area (Å²) in [5, 5.41) is 9.03. The monoisotopic (exact) mass is 209 g/mol. The Morgan fingerprint density at radius 1 is 1.60 bits per heavy atom. The fourth-order valence-electron chi connectivity index (χ4n) is 1.16. The van der Waals surface area contributed by atoms with E-state index < -0.39 is 6.10 Å². The molecular formula is C11H15NO3. The summed E-state index contributed by atoms with van der Waals surface area (Å²) in [4.78, 5) is 10.7. The molecule has 0 spiro atoms. The van der Waals surface area contributed by atoms with E-state index in [1.54, 1.807) is 31.2 Å². The summed E-state index contributed by atoms with van der Waals surface area (Å²) in [5.41, 5.74) is 5.89. The van der Waals surface area contributed by atoms with Gasteiger partial charge in [-0.1, -0.05) is 12.1 Å². The second-order valence-corrected chi connectivity index (χ2v) is 3.45. The Kier molecular flexibility index (Phi) is 4.12. The summed E-state index contributed by atoms with van der Waals surface area (Å²) < 4.78 is 5.29. The molecule has 1 atom stereocenters. The van der Waals surface area contributed by atoms with E-state index in [-0.39, 0.29) is 18.9 Å². The van der Waals surface area contributed by atoms with Crippen molar-refractivity contribution in [1.82, 2.24) is 0 Å². The lowest BCUT2D eigenvalue weighted by atomic mass is 10.1. The van der Waals surface area contributed by atoms with Gasteiger partial charge in [0.15, 0.2) is 0 Å². The van der Waals surface area contributed by atoms with Crippen LogP contribution in [0.5, 0.6) is 5.75 Å². The first kappa shape index (κ1) is 11.5. The number of amides is 1. The molecule has 3 N–H and O–H groups in total. The molecule has 1 aromatic rings. The van der Waals surface area contributed by atoms with Gasteiger partial charge < -0.3 is 15.6 Å². The van der Waals surface area contributed by atoms with Crippen molar-refractivity contribution in [2.24, 2.45) is 5.73 Å². The molecule has 4 nitrogen and oxygen atoms in total. The maximum Gasteiger partial charge on any atom is 0.221 e. The molecule has 0 saturated carbocycles. The van der Waals surface area contributed by atoms with Gasteiger partial charge in [-0.2, -0.15) is 0 Å². The van der Waals surface area contributed by atoms with E-state index in [0.717, 1.165) is 5.56 Å². The molecule has 0 unspecified atom stereocenters. The molecule has 1 amide bonds. The predicted molar refractivity (Wildman–Crippen MR) is 56.5 cm³/mol. The van der Waals surface area contributed by atoms with Gasteiger partial charge >= 0.3 is 0 Å². The number of hydrogen-bond acceptors (Lipinski definition) is 3. The zero-order valence-electron chi connectivity index (χ0n) is 8.64. The van der Waals surface area contributed by atoms with Crippen molar-refractivity contribution in [3.8, 4) is 5.75 Å². The lowest BCUT2D eigenvalue weighted by Gasteiger charge is -2.08. The third-order valence-corrected chi connectivity index (χ3v) is 1.77. The molecule has 15 heavy (non-hydrogen) atoms. The van der Waals surface area contributed by atoms with E-state index in [0.29, 0.717) is 5.75 Å². The van der Waals surface area contributed by atoms with Gasteiger partial charge in [-0.05, 0) is 24.6 Å². The lowest BCUT2D eigenvalue weighted by molar-refractivity contribution is -0.117. The van der Waals surface area contributed by atoms with Crippen LogP contribution in [0.15, 0.2) is 24.3 Å². The molecule has 0 aliphatic rings. The fraction of sp³-hybridized carbons (Fsp3) is 0.364. The van der Waals surface area contributed by atoms with Crippen molar-refractivity contribution in [3.05, 3.63) is 29.8 Å². The highest BCUT2D eigenvalue weighted by Gasteiger charge is 2.01. The summed E-state index contributed by atoms with van der Waals surface area (Å²) in [6, 6.07) is 7.11. The topological polar surface area (TPSA) is 72.6 Å². The number of ether oxygens (including phenoxy) is 1. The normalized spacial score (nSPS) is 12.1. The molecule has 0 radical (unpaired) electrons. The first-order valence-electron chi connectivity index (χ1n) is 4.76. The van der Waals surface area contributed by atoms with E-state index in [1.807, 2.05) is 0 Å². The number of benzene rings is 1. The quantitative estimate of drug-likeness (QED) is 0.740. The van der Waals surface area contributed by atoms with Crippen molar-refractivity contribution in [3.63, 3.8) is 0 Å². The third-order valence-electron chi connectivity index (χ3n) is 1.77. The molecule has 0 aromatic heterocycles. The zero-order chi connectivity index (χ0) is 11.3. The largest absolute Gasteiger partial charge is 0.491 e. The Morgan fingerprint density at radius 2 is 2.33 bits per heavy atom. The van der Waals surface area contributed by atoms with Crippen LogP contribution in [0, 0.1) is 0 Å². The van der Waals surface area contributed by atoms with E-state index in [1.165, 1.54) is 0 Å². The van der Waals surface area contributed by atoms with Crippen molar-refractivity contribution in [2.75, 3.05) is 6.61 Å². The van der Waals surface area contributed by atoms with Crippen LogP contribution in [0.1, 0.15) is 12.5 Å². The average molecular weight is 209 g/mol. The Morgan fingerprint density at radius 3 is 2.93 bits per heavy atom. The van der Waals surface area contributed by atoms with Crippen molar-refractivity contribution in [2.45, 2.75) is 19.4 Å². The highest BCUT2D eigenvalue weighted by molar-refractivity contribution is 5.76. The van der Waals surface area contributed by atoms with E-state index in [4.69, 9.17) is 15.6 Å². The van der Waals surface area contributed by atoms with Crippen LogP contribution in [0.2, 0.25) is 0 Å². The lowest BCUT2D eigenvalue weighted by Crippen LogP contribution is -2.14. The number of carbonyl (C=O) groups excluding carboxylic acids is 1. The minimum Gasteiger partial charge on any atom is -0.491 e. The van der Waals surface area contributed by atoms with Gasteiger partial charge in [0.2, 0.25) is 5.91 Å². The van der Waals surface area contributed by atoms with Crippen LogP contribution in [-0.4, -0.2) is 23.7 Å². The smallest absolute Gasteiger partial charge is 0.221 e. The molecule has 0 bridgehead atoms. The molecule has 1 aromatic carbocycles. The van der Waals surface area contributed by atoms with Crippen LogP contribution in [-0.2, 0) is 11.2 Å². The highest BCUT2D eigenvalue weighted by Crippen LogP contribution is 2.13. The molecule has 0 fully saturated rings. The summed E-state index contributed by atoms with van der Waals surface area (Å²) in [6.07, 6.45) is -0.309. The minimum absolute atomic E-state index is 0.200. The highest BCUT2D eigenvalue weighted by atomic mass is 16.5. The number of nitrogens with two attached hydrogens (primary N) is 1. The fourth-order valence-corrected chi connectivity index (χ4v) is 1.16. The second-order valence-electron chi connectivity index (χ2n) is 3.45. The number of aliphatic hydroxyl groups excluding tert-OH is 1. The van der Waals surface area contributed by atoms with E-state index in [9.17, 15) is 4.79 Å². The van der Waals surface area contributed by atoms with E-state index in [2.05, 4.69) is 0 Å². The first-order chi connectivity index (χ1) is 7.08. The maximum absolute atomic E-state index is 10.7. The standard InChI is InChI=1S/C11H15NO3/c1-8(13)7-15-10-4-2-3-9(5-10)6-11(12)14/h2-5,8,13H,6-7H2,1H3,(H2,12,14)/t8-/m0/s1. The summed E-state index contributed by atoms with van der Waals surface area (Å²) in [5.74, 6) is 0.261.